The van der Waals surface area contributed by atoms with Crippen LogP contribution >= 0.6 is 23.2 Å². The first-order valence-corrected chi connectivity index (χ1v) is 13.2. The highest BCUT2D eigenvalue weighted by Crippen LogP contribution is 2.52. The van der Waals surface area contributed by atoms with E-state index < -0.39 is 12.0 Å². The zero-order chi connectivity index (χ0) is 26.4. The number of urea groups is 1. The zero-order valence-electron chi connectivity index (χ0n) is 20.4. The molecule has 3 aromatic rings. The summed E-state index contributed by atoms with van der Waals surface area (Å²) in [5.41, 5.74) is 3.26. The third-order valence-electron chi connectivity index (χ3n) is 7.23. The fourth-order valence-electron chi connectivity index (χ4n) is 5.04. The average molecular weight is 555 g/mol. The number of aliphatic imine (C=N–C) groups is 1. The van der Waals surface area contributed by atoms with Crippen LogP contribution in [0.4, 0.5) is 10.6 Å². The van der Waals surface area contributed by atoms with E-state index in [9.17, 15) is 9.59 Å². The lowest BCUT2D eigenvalue weighted by molar-refractivity contribution is 0.0349. The van der Waals surface area contributed by atoms with Gasteiger partial charge >= 0.3 is 12.0 Å². The highest BCUT2D eigenvalue weighted by atomic mass is 35.5. The Morgan fingerprint density at radius 2 is 1.97 bits per heavy atom. The number of hydrogen-bond donors (Lipinski definition) is 1. The molecule has 3 aliphatic rings. The third kappa shape index (κ3) is 4.93. The standard InChI is InChI=1S/C27H24Cl2N4O5/c1-36-26(34)14-7-8-22(30-11-14)32-27(35)31-20-10-21(16-9-15(16)20)37-12-17-24(33-38-25(17)13-5-6-13)23-18(28)3-2-4-19(23)29/h2-4,7-8,11,13,15-16,21H,5-6,9-10,12H2,1H3,(H,30,32,35). The van der Waals surface area contributed by atoms with Crippen LogP contribution in [0.5, 0.6) is 0 Å². The van der Waals surface area contributed by atoms with Gasteiger partial charge in [-0.2, -0.15) is 0 Å². The predicted octanol–water partition coefficient (Wildman–Crippen LogP) is 6.31. The fourth-order valence-corrected chi connectivity index (χ4v) is 5.62. The summed E-state index contributed by atoms with van der Waals surface area (Å²) in [4.78, 5) is 32.5. The number of halogens is 2. The Labute approximate surface area is 228 Å². The maximum Gasteiger partial charge on any atom is 0.346 e. The number of benzene rings is 1. The molecule has 1 aromatic carbocycles. The number of hydrogen-bond acceptors (Lipinski definition) is 7. The van der Waals surface area contributed by atoms with E-state index in [4.69, 9.17) is 32.5 Å². The molecule has 11 heteroatoms. The number of nitrogens with one attached hydrogen (secondary N) is 1. The van der Waals surface area contributed by atoms with E-state index in [1.54, 1.807) is 18.2 Å². The molecule has 0 aliphatic heterocycles. The summed E-state index contributed by atoms with van der Waals surface area (Å²) in [6.07, 6.45) is 4.90. The minimum Gasteiger partial charge on any atom is -0.465 e. The number of methoxy groups -OCH3 is 1. The van der Waals surface area contributed by atoms with E-state index in [2.05, 4.69) is 25.2 Å². The van der Waals surface area contributed by atoms with Crippen molar-refractivity contribution < 1.29 is 23.6 Å². The van der Waals surface area contributed by atoms with Gasteiger partial charge in [-0.3, -0.25) is 5.32 Å². The van der Waals surface area contributed by atoms with Crippen molar-refractivity contribution in [1.29, 1.82) is 0 Å². The van der Waals surface area contributed by atoms with Gasteiger partial charge in [0.05, 0.1) is 35.4 Å². The van der Waals surface area contributed by atoms with Gasteiger partial charge in [0.15, 0.2) is 0 Å². The van der Waals surface area contributed by atoms with Crippen molar-refractivity contribution in [1.82, 2.24) is 10.1 Å². The monoisotopic (exact) mass is 554 g/mol. The summed E-state index contributed by atoms with van der Waals surface area (Å²) in [6.45, 7) is 0.316. The molecule has 3 aliphatic carbocycles. The molecule has 38 heavy (non-hydrogen) atoms. The Bertz CT molecular complexity index is 1410. The van der Waals surface area contributed by atoms with Gasteiger partial charge in [-0.05, 0) is 49.4 Å². The second-order valence-corrected chi connectivity index (χ2v) is 10.6. The topological polar surface area (TPSA) is 116 Å². The first-order chi connectivity index (χ1) is 18.4. The van der Waals surface area contributed by atoms with Gasteiger partial charge in [0.1, 0.15) is 17.3 Å². The number of carbonyl (C=O) groups excluding carboxylic acids is 2. The van der Waals surface area contributed by atoms with Gasteiger partial charge < -0.3 is 14.0 Å². The number of rotatable bonds is 7. The lowest BCUT2D eigenvalue weighted by Crippen LogP contribution is -2.16. The van der Waals surface area contributed by atoms with E-state index in [1.165, 1.54) is 25.4 Å². The summed E-state index contributed by atoms with van der Waals surface area (Å²) >= 11 is 12.9. The van der Waals surface area contributed by atoms with Crippen LogP contribution in [0.25, 0.3) is 11.3 Å². The number of esters is 1. The molecule has 3 atom stereocenters. The highest BCUT2D eigenvalue weighted by molar-refractivity contribution is 6.39. The van der Waals surface area contributed by atoms with Crippen LogP contribution in [0.2, 0.25) is 10.0 Å². The molecule has 9 nitrogen and oxygen atoms in total. The lowest BCUT2D eigenvalue weighted by atomic mass is 10.0. The van der Waals surface area contributed by atoms with Gasteiger partial charge in [-0.25, -0.2) is 19.6 Å². The van der Waals surface area contributed by atoms with Crippen LogP contribution in [-0.4, -0.2) is 41.1 Å². The maximum absolute atomic E-state index is 12.5. The molecule has 0 spiro atoms. The maximum atomic E-state index is 12.5. The Hall–Kier alpha value is -3.27. The number of nitrogens with zero attached hydrogens (tertiary/aromatic N) is 3. The molecule has 2 aromatic heterocycles. The van der Waals surface area contributed by atoms with Gasteiger partial charge in [0.2, 0.25) is 0 Å². The molecule has 0 bridgehead atoms. The molecule has 6 rings (SSSR count). The summed E-state index contributed by atoms with van der Waals surface area (Å²) in [5, 5.41) is 7.99. The van der Waals surface area contributed by atoms with E-state index in [0.29, 0.717) is 57.5 Å². The molecular weight excluding hydrogens is 531 g/mol. The molecule has 0 radical (unpaired) electrons. The highest BCUT2D eigenvalue weighted by Gasteiger charge is 2.53. The van der Waals surface area contributed by atoms with Crippen molar-refractivity contribution in [3.05, 3.63) is 63.5 Å². The second kappa shape index (κ2) is 10.1. The van der Waals surface area contributed by atoms with Crippen molar-refractivity contribution >= 4 is 46.7 Å². The fraction of sp³-hybridized carbons (Fsp3) is 0.370. The van der Waals surface area contributed by atoms with Gasteiger partial charge in [-0.1, -0.05) is 34.4 Å². The van der Waals surface area contributed by atoms with E-state index in [1.807, 2.05) is 0 Å². The Morgan fingerprint density at radius 1 is 1.18 bits per heavy atom. The molecule has 196 valence electrons. The third-order valence-corrected chi connectivity index (χ3v) is 7.86. The van der Waals surface area contributed by atoms with Gasteiger partial charge in [-0.15, -0.1) is 0 Å². The Morgan fingerprint density at radius 3 is 2.66 bits per heavy atom. The van der Waals surface area contributed by atoms with Crippen molar-refractivity contribution in [2.45, 2.75) is 44.3 Å². The molecule has 0 saturated heterocycles. The molecule has 2 amide bonds. The number of ether oxygens (including phenoxy) is 2. The Balaban J connectivity index is 1.13. The number of pyridine rings is 1. The van der Waals surface area contributed by atoms with Crippen LogP contribution in [0, 0.1) is 11.8 Å². The zero-order valence-corrected chi connectivity index (χ0v) is 22.0. The van der Waals surface area contributed by atoms with Gasteiger partial charge in [0, 0.05) is 41.3 Å². The molecule has 3 fully saturated rings. The van der Waals surface area contributed by atoms with Crippen LogP contribution < -0.4 is 5.32 Å². The van der Waals surface area contributed by atoms with E-state index in [-0.39, 0.29) is 12.0 Å². The molecule has 3 unspecified atom stereocenters. The minimum atomic E-state index is -0.504. The quantitative estimate of drug-likeness (QED) is 0.340. The van der Waals surface area contributed by atoms with Crippen LogP contribution in [0.15, 0.2) is 46.0 Å². The summed E-state index contributed by atoms with van der Waals surface area (Å²) in [6, 6.07) is 7.91. The number of anilines is 1. The van der Waals surface area contributed by atoms with Crippen LogP contribution in [0.3, 0.4) is 0 Å². The van der Waals surface area contributed by atoms with E-state index >= 15 is 0 Å². The van der Waals surface area contributed by atoms with Crippen LogP contribution in [0.1, 0.15) is 53.3 Å². The van der Waals surface area contributed by atoms with Crippen molar-refractivity contribution in [3.63, 3.8) is 0 Å². The van der Waals surface area contributed by atoms with Crippen molar-refractivity contribution in [3.8, 4) is 11.3 Å². The first-order valence-electron chi connectivity index (χ1n) is 12.4. The molecular formula is C27H24Cl2N4O5. The Kier molecular flexibility index (Phi) is 6.67. The number of fused-ring (bicyclic) bond motifs is 1. The van der Waals surface area contributed by atoms with Crippen molar-refractivity contribution in [2.24, 2.45) is 16.8 Å². The second-order valence-electron chi connectivity index (χ2n) is 9.76. The normalized spacial score (nSPS) is 22.8. The number of amides is 2. The minimum absolute atomic E-state index is 0.0551. The number of carbonyl (C=O) groups is 2. The van der Waals surface area contributed by atoms with Crippen molar-refractivity contribution in [2.75, 3.05) is 12.4 Å². The lowest BCUT2D eigenvalue weighted by Gasteiger charge is -2.14. The summed E-state index contributed by atoms with van der Waals surface area (Å²) in [5.74, 6) is 1.55. The van der Waals surface area contributed by atoms with Crippen LogP contribution in [-0.2, 0) is 16.1 Å². The molecule has 1 N–H and O–H groups in total. The van der Waals surface area contributed by atoms with Gasteiger partial charge in [0.25, 0.3) is 0 Å². The smallest absolute Gasteiger partial charge is 0.346 e. The SMILES string of the molecule is COC(=O)c1ccc(NC(=O)N=C2CC(OCc3c(-c4c(Cl)cccc4Cl)noc3C3CC3)C3CC23)nc1. The first kappa shape index (κ1) is 25.0. The molecule has 2 heterocycles. The summed E-state index contributed by atoms with van der Waals surface area (Å²) in [7, 11) is 1.30. The summed E-state index contributed by atoms with van der Waals surface area (Å²) < 4.78 is 16.8. The predicted molar refractivity (Wildman–Crippen MR) is 141 cm³/mol. The average Bonchev–Trinajstić information content (AvgIpc) is 3.83. The number of aromatic nitrogens is 2. The van der Waals surface area contributed by atoms with E-state index in [0.717, 1.165) is 36.3 Å². The largest absolute Gasteiger partial charge is 0.465 e. The molecule has 3 saturated carbocycles.